The van der Waals surface area contributed by atoms with Gasteiger partial charge in [-0.15, -0.1) is 0 Å². The highest BCUT2D eigenvalue weighted by molar-refractivity contribution is 5.88. The summed E-state index contributed by atoms with van der Waals surface area (Å²) in [6.45, 7) is 5.41. The molecular formula is C20H25N2O2+. The van der Waals surface area contributed by atoms with Crippen molar-refractivity contribution < 1.29 is 14.4 Å². The molecule has 4 heteroatoms. The second-order valence-corrected chi connectivity index (χ2v) is 7.00. The average Bonchev–Trinajstić information content (AvgIpc) is 3.02. The number of allylic oxidation sites excluding steroid dienone is 1. The summed E-state index contributed by atoms with van der Waals surface area (Å²) >= 11 is 0. The van der Waals surface area contributed by atoms with Gasteiger partial charge in [0.05, 0.1) is 26.7 Å². The summed E-state index contributed by atoms with van der Waals surface area (Å²) in [7, 11) is 1.51. The van der Waals surface area contributed by atoms with E-state index in [0.29, 0.717) is 0 Å². The third kappa shape index (κ3) is 2.37. The van der Waals surface area contributed by atoms with Crippen LogP contribution in [0.15, 0.2) is 35.9 Å². The van der Waals surface area contributed by atoms with Crippen LogP contribution in [0.25, 0.3) is 10.9 Å². The number of carbonyl (C=O) groups is 1. The van der Waals surface area contributed by atoms with E-state index in [1.165, 1.54) is 23.6 Å². The molecule has 1 fully saturated rings. The Balaban J connectivity index is 1.94. The zero-order valence-electron chi connectivity index (χ0n) is 14.4. The van der Waals surface area contributed by atoms with E-state index in [-0.39, 0.29) is 17.8 Å². The number of para-hydroxylation sites is 1. The summed E-state index contributed by atoms with van der Waals surface area (Å²) in [6, 6.07) is 8.39. The molecule has 2 aromatic rings. The van der Waals surface area contributed by atoms with Crippen LogP contribution in [0.4, 0.5) is 0 Å². The van der Waals surface area contributed by atoms with Gasteiger partial charge in [-0.1, -0.05) is 24.3 Å². The predicted octanol–water partition coefficient (Wildman–Crippen LogP) is 1.83. The second-order valence-electron chi connectivity index (χ2n) is 7.00. The maximum atomic E-state index is 12.8. The van der Waals surface area contributed by atoms with Crippen LogP contribution in [0.2, 0.25) is 0 Å². The summed E-state index contributed by atoms with van der Waals surface area (Å²) in [5.74, 6) is -0.0862. The number of hydrogen-bond donors (Lipinski definition) is 2. The molecule has 0 aliphatic carbocycles. The number of aromatic amines is 1. The van der Waals surface area contributed by atoms with E-state index < -0.39 is 0 Å². The Labute approximate surface area is 142 Å². The lowest BCUT2D eigenvalue weighted by molar-refractivity contribution is -0.899. The van der Waals surface area contributed by atoms with Crippen LogP contribution >= 0.6 is 0 Å². The van der Waals surface area contributed by atoms with Crippen molar-refractivity contribution in [1.29, 1.82) is 0 Å². The van der Waals surface area contributed by atoms with Gasteiger partial charge in [-0.05, 0) is 24.1 Å². The van der Waals surface area contributed by atoms with E-state index in [1.54, 1.807) is 4.90 Å². The Hall–Kier alpha value is -2.07. The number of aromatic nitrogens is 1. The van der Waals surface area contributed by atoms with E-state index >= 15 is 0 Å². The molecule has 3 aliphatic heterocycles. The first-order valence-corrected chi connectivity index (χ1v) is 8.89. The molecule has 0 amide bonds. The number of methoxy groups -OCH3 is 1. The predicted molar refractivity (Wildman–Crippen MR) is 94.2 cm³/mol. The molecule has 1 saturated heterocycles. The van der Waals surface area contributed by atoms with Crippen molar-refractivity contribution in [2.75, 3.05) is 26.7 Å². The molecule has 126 valence electrons. The molecule has 1 unspecified atom stereocenters. The van der Waals surface area contributed by atoms with Gasteiger partial charge in [-0.25, -0.2) is 0 Å². The van der Waals surface area contributed by atoms with Gasteiger partial charge >= 0.3 is 5.97 Å². The molecule has 5 rings (SSSR count). The molecule has 0 saturated carbocycles. The Kier molecular flexibility index (Phi) is 3.93. The molecule has 2 bridgehead atoms. The SMILES string of the molecule is CC=C1C[NH+]2CCc3c([nH]c4ccccc34)[C@@H](C(=O)OC)[C@H]1CC2. The van der Waals surface area contributed by atoms with Gasteiger partial charge in [0.25, 0.3) is 0 Å². The highest BCUT2D eigenvalue weighted by atomic mass is 16.5. The standard InChI is InChI=1S/C20H24N2O2/c1-3-13-12-22-10-8-14(13)18(20(23)24-2)19-16(9-11-22)15-6-4-5-7-17(15)21-19/h3-7,14,18,21H,8-12H2,1-2H3/p+1/t14-,18-/m0/s1. The normalized spacial score (nSPS) is 28.2. The van der Waals surface area contributed by atoms with Crippen molar-refractivity contribution in [1.82, 2.24) is 4.98 Å². The molecule has 1 aromatic carbocycles. The zero-order valence-corrected chi connectivity index (χ0v) is 14.4. The number of H-pyrrole nitrogens is 1. The van der Waals surface area contributed by atoms with E-state index in [2.05, 4.69) is 36.2 Å². The highest BCUT2D eigenvalue weighted by Gasteiger charge is 2.41. The van der Waals surface area contributed by atoms with Crippen molar-refractivity contribution in [3.63, 3.8) is 0 Å². The molecule has 4 heterocycles. The van der Waals surface area contributed by atoms with Crippen LogP contribution in [-0.4, -0.2) is 37.7 Å². The van der Waals surface area contributed by atoms with Crippen LogP contribution in [0, 0.1) is 5.92 Å². The maximum Gasteiger partial charge on any atom is 0.315 e. The largest absolute Gasteiger partial charge is 0.468 e. The molecule has 4 nitrogen and oxygen atoms in total. The third-order valence-electron chi connectivity index (χ3n) is 5.85. The Morgan fingerprint density at radius 2 is 2.17 bits per heavy atom. The molecule has 3 atom stereocenters. The van der Waals surface area contributed by atoms with Gasteiger partial charge in [-0.3, -0.25) is 4.79 Å². The topological polar surface area (TPSA) is 46.5 Å². The molecule has 0 radical (unpaired) electrons. The summed E-state index contributed by atoms with van der Waals surface area (Å²) in [6.07, 6.45) is 4.27. The summed E-state index contributed by atoms with van der Waals surface area (Å²) in [4.78, 5) is 17.9. The van der Waals surface area contributed by atoms with Crippen molar-refractivity contribution >= 4 is 16.9 Å². The highest BCUT2D eigenvalue weighted by Crippen LogP contribution is 2.39. The monoisotopic (exact) mass is 325 g/mol. The fourth-order valence-electron chi connectivity index (χ4n) is 4.63. The first kappa shape index (κ1) is 15.5. The number of quaternary nitrogens is 1. The fourth-order valence-corrected chi connectivity index (χ4v) is 4.63. The van der Waals surface area contributed by atoms with Crippen molar-refractivity contribution in [3.8, 4) is 0 Å². The van der Waals surface area contributed by atoms with Crippen molar-refractivity contribution in [2.45, 2.75) is 25.7 Å². The van der Waals surface area contributed by atoms with E-state index in [4.69, 9.17) is 4.74 Å². The summed E-state index contributed by atoms with van der Waals surface area (Å²) < 4.78 is 5.23. The molecule has 2 N–H and O–H groups in total. The minimum Gasteiger partial charge on any atom is -0.468 e. The van der Waals surface area contributed by atoms with Gasteiger partial charge in [0.15, 0.2) is 0 Å². The summed E-state index contributed by atoms with van der Waals surface area (Å²) in [5, 5.41) is 1.25. The van der Waals surface area contributed by atoms with Gasteiger partial charge < -0.3 is 14.6 Å². The Morgan fingerprint density at radius 3 is 2.96 bits per heavy atom. The smallest absolute Gasteiger partial charge is 0.315 e. The van der Waals surface area contributed by atoms with Gasteiger partial charge in [0.1, 0.15) is 5.92 Å². The minimum atomic E-state index is -0.219. The van der Waals surface area contributed by atoms with Gasteiger partial charge in [0.2, 0.25) is 0 Å². The lowest BCUT2D eigenvalue weighted by atomic mass is 9.78. The number of fused-ring (bicyclic) bond motifs is 4. The van der Waals surface area contributed by atoms with Crippen LogP contribution in [0.3, 0.4) is 0 Å². The third-order valence-corrected chi connectivity index (χ3v) is 5.85. The van der Waals surface area contributed by atoms with E-state index in [1.807, 2.05) is 6.07 Å². The maximum absolute atomic E-state index is 12.8. The average molecular weight is 325 g/mol. The van der Waals surface area contributed by atoms with E-state index in [9.17, 15) is 4.79 Å². The van der Waals surface area contributed by atoms with Crippen LogP contribution in [0.1, 0.15) is 30.5 Å². The molecule has 1 aromatic heterocycles. The lowest BCUT2D eigenvalue weighted by Crippen LogP contribution is -3.13. The van der Waals surface area contributed by atoms with Crippen LogP contribution in [0.5, 0.6) is 0 Å². The number of benzene rings is 1. The molecule has 24 heavy (non-hydrogen) atoms. The van der Waals surface area contributed by atoms with Crippen LogP contribution < -0.4 is 4.90 Å². The van der Waals surface area contributed by atoms with E-state index in [0.717, 1.165) is 43.7 Å². The van der Waals surface area contributed by atoms with Crippen molar-refractivity contribution in [2.24, 2.45) is 5.92 Å². The lowest BCUT2D eigenvalue weighted by Gasteiger charge is -2.33. The number of rotatable bonds is 1. The first-order valence-electron chi connectivity index (χ1n) is 8.89. The minimum absolute atomic E-state index is 0.113. The van der Waals surface area contributed by atoms with Gasteiger partial charge in [-0.2, -0.15) is 0 Å². The number of piperidine rings is 1. The zero-order chi connectivity index (χ0) is 16.7. The number of nitrogens with one attached hydrogen (secondary N) is 2. The number of hydrogen-bond acceptors (Lipinski definition) is 2. The van der Waals surface area contributed by atoms with Gasteiger partial charge in [0, 0.05) is 35.4 Å². The van der Waals surface area contributed by atoms with Crippen molar-refractivity contribution in [3.05, 3.63) is 47.2 Å². The number of carbonyl (C=O) groups excluding carboxylic acids is 1. The first-order chi connectivity index (χ1) is 11.7. The molecule has 3 aliphatic rings. The Morgan fingerprint density at radius 1 is 1.33 bits per heavy atom. The molecular weight excluding hydrogens is 300 g/mol. The number of esters is 1. The fraction of sp³-hybridized carbons (Fsp3) is 0.450. The molecule has 0 spiro atoms. The Bertz CT molecular complexity index is 805. The second kappa shape index (κ2) is 6.10. The summed E-state index contributed by atoms with van der Waals surface area (Å²) in [5.41, 5.74) is 4.91. The quantitative estimate of drug-likeness (QED) is 0.621. The number of ether oxygens (including phenoxy) is 1. The van der Waals surface area contributed by atoms with Crippen LogP contribution in [-0.2, 0) is 16.0 Å².